The Bertz CT molecular complexity index is 568. The third kappa shape index (κ3) is 3.23. The van der Waals surface area contributed by atoms with E-state index in [0.29, 0.717) is 12.2 Å². The second-order valence-electron chi connectivity index (χ2n) is 4.77. The molecule has 0 saturated carbocycles. The maximum absolute atomic E-state index is 10.6. The third-order valence-electron chi connectivity index (χ3n) is 3.09. The lowest BCUT2D eigenvalue weighted by Gasteiger charge is -2.24. The second kappa shape index (κ2) is 5.28. The number of anilines is 1. The molecule has 0 aliphatic heterocycles. The summed E-state index contributed by atoms with van der Waals surface area (Å²) in [7, 11) is 1.61. The van der Waals surface area contributed by atoms with Crippen molar-refractivity contribution in [1.29, 1.82) is 0 Å². The average Bonchev–Trinajstić information content (AvgIpc) is 2.38. The normalized spacial score (nSPS) is 13.8. The van der Waals surface area contributed by atoms with E-state index in [1.807, 2.05) is 30.3 Å². The number of benzene rings is 1. The largest absolute Gasteiger partial charge is 0.497 e. The molecule has 3 N–H and O–H groups in total. The number of methoxy groups -OCH3 is 1. The third-order valence-corrected chi connectivity index (χ3v) is 3.09. The summed E-state index contributed by atoms with van der Waals surface area (Å²) in [5, 5.41) is 10.6. The average molecular weight is 258 g/mol. The molecule has 0 aliphatic carbocycles. The van der Waals surface area contributed by atoms with E-state index >= 15 is 0 Å². The molecule has 4 heteroatoms. The second-order valence-corrected chi connectivity index (χ2v) is 4.77. The van der Waals surface area contributed by atoms with Crippen molar-refractivity contribution in [2.24, 2.45) is 0 Å². The van der Waals surface area contributed by atoms with Gasteiger partial charge in [0.25, 0.3) is 0 Å². The summed E-state index contributed by atoms with van der Waals surface area (Å²) in [5.74, 6) is 1.19. The van der Waals surface area contributed by atoms with Crippen LogP contribution >= 0.6 is 0 Å². The predicted molar refractivity (Wildman–Crippen MR) is 74.9 cm³/mol. The van der Waals surface area contributed by atoms with Crippen LogP contribution in [0.5, 0.6) is 5.75 Å². The summed E-state index contributed by atoms with van der Waals surface area (Å²) in [6, 6.07) is 11.1. The van der Waals surface area contributed by atoms with Crippen molar-refractivity contribution in [2.75, 3.05) is 12.8 Å². The molecule has 1 aromatic carbocycles. The van der Waals surface area contributed by atoms with Crippen LogP contribution in [0.25, 0.3) is 0 Å². The van der Waals surface area contributed by atoms with Crippen LogP contribution in [0.4, 0.5) is 5.82 Å². The van der Waals surface area contributed by atoms with Gasteiger partial charge in [-0.3, -0.25) is 0 Å². The van der Waals surface area contributed by atoms with E-state index in [-0.39, 0.29) is 0 Å². The summed E-state index contributed by atoms with van der Waals surface area (Å²) < 4.78 is 5.18. The first-order valence-electron chi connectivity index (χ1n) is 6.08. The number of pyridine rings is 1. The van der Waals surface area contributed by atoms with Crippen LogP contribution in [0.3, 0.4) is 0 Å². The van der Waals surface area contributed by atoms with Gasteiger partial charge < -0.3 is 15.6 Å². The van der Waals surface area contributed by atoms with Gasteiger partial charge in [-0.1, -0.05) is 12.1 Å². The van der Waals surface area contributed by atoms with Gasteiger partial charge in [0.05, 0.1) is 12.7 Å². The molecule has 0 fully saturated rings. The van der Waals surface area contributed by atoms with Crippen LogP contribution in [0, 0.1) is 0 Å². The van der Waals surface area contributed by atoms with Crippen molar-refractivity contribution in [2.45, 2.75) is 18.9 Å². The zero-order valence-corrected chi connectivity index (χ0v) is 11.1. The highest BCUT2D eigenvalue weighted by Crippen LogP contribution is 2.28. The van der Waals surface area contributed by atoms with Crippen molar-refractivity contribution in [3.8, 4) is 5.75 Å². The van der Waals surface area contributed by atoms with Crippen molar-refractivity contribution >= 4 is 5.82 Å². The first kappa shape index (κ1) is 13.4. The number of ether oxygens (including phenoxy) is 1. The van der Waals surface area contributed by atoms with Gasteiger partial charge >= 0.3 is 0 Å². The van der Waals surface area contributed by atoms with E-state index in [9.17, 15) is 5.11 Å². The van der Waals surface area contributed by atoms with E-state index in [4.69, 9.17) is 10.5 Å². The smallest absolute Gasteiger partial charge is 0.123 e. The van der Waals surface area contributed by atoms with E-state index in [2.05, 4.69) is 4.98 Å². The Balaban J connectivity index is 2.26. The van der Waals surface area contributed by atoms with Crippen molar-refractivity contribution in [3.05, 3.63) is 53.7 Å². The van der Waals surface area contributed by atoms with Gasteiger partial charge in [-0.25, -0.2) is 4.98 Å². The number of nitrogen functional groups attached to an aromatic ring is 1. The highest BCUT2D eigenvalue weighted by molar-refractivity contribution is 5.36. The van der Waals surface area contributed by atoms with Gasteiger partial charge in [0.1, 0.15) is 11.6 Å². The molecule has 19 heavy (non-hydrogen) atoms. The number of hydrogen-bond acceptors (Lipinski definition) is 4. The van der Waals surface area contributed by atoms with Crippen LogP contribution in [-0.4, -0.2) is 17.2 Å². The molecular weight excluding hydrogens is 240 g/mol. The Labute approximate surface area is 112 Å². The number of aliphatic hydroxyl groups is 1. The number of rotatable bonds is 4. The molecule has 0 radical (unpaired) electrons. The predicted octanol–water partition coefficient (Wildman–Crippen LogP) is 2.12. The first-order valence-corrected chi connectivity index (χ1v) is 6.08. The number of hydrogen-bond donors (Lipinski definition) is 2. The molecule has 1 atom stereocenters. The van der Waals surface area contributed by atoms with Gasteiger partial charge in [-0.05, 0) is 42.3 Å². The minimum Gasteiger partial charge on any atom is -0.497 e. The molecule has 0 spiro atoms. The van der Waals surface area contributed by atoms with Crippen molar-refractivity contribution in [1.82, 2.24) is 4.98 Å². The summed E-state index contributed by atoms with van der Waals surface area (Å²) in [5.41, 5.74) is 6.42. The number of nitrogens with zero attached hydrogens (tertiary/aromatic N) is 1. The van der Waals surface area contributed by atoms with Gasteiger partial charge in [-0.2, -0.15) is 0 Å². The fourth-order valence-electron chi connectivity index (χ4n) is 2.06. The standard InChI is InChI=1S/C15H18N2O2/c1-15(18,10-11-6-7-17-14(16)8-11)12-4-3-5-13(9-12)19-2/h3-9,18H,10H2,1-2H3,(H2,16,17). The monoisotopic (exact) mass is 258 g/mol. The first-order chi connectivity index (χ1) is 9.01. The molecule has 2 aromatic rings. The SMILES string of the molecule is COc1cccc(C(C)(O)Cc2ccnc(N)c2)c1. The topological polar surface area (TPSA) is 68.4 Å². The summed E-state index contributed by atoms with van der Waals surface area (Å²) >= 11 is 0. The number of nitrogens with two attached hydrogens (primary N) is 1. The molecule has 1 heterocycles. The zero-order valence-electron chi connectivity index (χ0n) is 11.1. The highest BCUT2D eigenvalue weighted by atomic mass is 16.5. The lowest BCUT2D eigenvalue weighted by Crippen LogP contribution is -2.24. The Morgan fingerprint density at radius 1 is 1.32 bits per heavy atom. The van der Waals surface area contributed by atoms with E-state index in [0.717, 1.165) is 16.9 Å². The molecule has 100 valence electrons. The summed E-state index contributed by atoms with van der Waals surface area (Å²) in [6.07, 6.45) is 2.11. The fraction of sp³-hybridized carbons (Fsp3) is 0.267. The number of aromatic nitrogens is 1. The molecule has 2 rings (SSSR count). The van der Waals surface area contributed by atoms with Crippen LogP contribution < -0.4 is 10.5 Å². The van der Waals surface area contributed by atoms with E-state index in [1.54, 1.807) is 26.3 Å². The van der Waals surface area contributed by atoms with E-state index in [1.165, 1.54) is 0 Å². The molecule has 0 saturated heterocycles. The maximum Gasteiger partial charge on any atom is 0.123 e. The molecule has 0 amide bonds. The van der Waals surface area contributed by atoms with Crippen LogP contribution in [0.1, 0.15) is 18.1 Å². The lowest BCUT2D eigenvalue weighted by molar-refractivity contribution is 0.0574. The Morgan fingerprint density at radius 2 is 2.11 bits per heavy atom. The minimum atomic E-state index is -0.984. The van der Waals surface area contributed by atoms with Crippen LogP contribution in [0.15, 0.2) is 42.6 Å². The Kier molecular flexibility index (Phi) is 3.71. The summed E-state index contributed by atoms with van der Waals surface area (Å²) in [4.78, 5) is 3.95. The van der Waals surface area contributed by atoms with Crippen LogP contribution in [-0.2, 0) is 12.0 Å². The van der Waals surface area contributed by atoms with Crippen LogP contribution in [0.2, 0.25) is 0 Å². The van der Waals surface area contributed by atoms with Gasteiger partial charge in [0.2, 0.25) is 0 Å². The quantitative estimate of drug-likeness (QED) is 0.881. The zero-order chi connectivity index (χ0) is 13.9. The lowest BCUT2D eigenvalue weighted by atomic mass is 9.89. The minimum absolute atomic E-state index is 0.457. The Morgan fingerprint density at radius 3 is 2.79 bits per heavy atom. The summed E-state index contributed by atoms with van der Waals surface area (Å²) in [6.45, 7) is 1.78. The highest BCUT2D eigenvalue weighted by Gasteiger charge is 2.24. The molecule has 0 aliphatic rings. The van der Waals surface area contributed by atoms with Gasteiger partial charge in [0.15, 0.2) is 0 Å². The molecule has 1 unspecified atom stereocenters. The molecule has 4 nitrogen and oxygen atoms in total. The van der Waals surface area contributed by atoms with Gasteiger partial charge in [0, 0.05) is 12.6 Å². The fourth-order valence-corrected chi connectivity index (χ4v) is 2.06. The Hall–Kier alpha value is -2.07. The maximum atomic E-state index is 10.6. The van der Waals surface area contributed by atoms with Gasteiger partial charge in [-0.15, -0.1) is 0 Å². The molecule has 0 bridgehead atoms. The van der Waals surface area contributed by atoms with E-state index < -0.39 is 5.60 Å². The van der Waals surface area contributed by atoms with Crippen molar-refractivity contribution < 1.29 is 9.84 Å². The van der Waals surface area contributed by atoms with Crippen molar-refractivity contribution in [3.63, 3.8) is 0 Å². The molecular formula is C15H18N2O2. The molecule has 1 aromatic heterocycles.